The lowest BCUT2D eigenvalue weighted by Crippen LogP contribution is -2.28. The molecule has 1 aliphatic heterocycles. The van der Waals surface area contributed by atoms with E-state index in [1.54, 1.807) is 17.0 Å². The van der Waals surface area contributed by atoms with Crippen LogP contribution in [-0.4, -0.2) is 32.4 Å². The van der Waals surface area contributed by atoms with Crippen molar-refractivity contribution in [1.29, 1.82) is 0 Å². The third-order valence-corrected chi connectivity index (χ3v) is 6.05. The summed E-state index contributed by atoms with van der Waals surface area (Å²) in [4.78, 5) is 18.5. The Balaban J connectivity index is 1.85. The van der Waals surface area contributed by atoms with Crippen molar-refractivity contribution < 1.29 is 9.35 Å². The summed E-state index contributed by atoms with van der Waals surface area (Å²) in [5.41, 5.74) is 4.15. The quantitative estimate of drug-likeness (QED) is 0.438. The lowest BCUT2D eigenvalue weighted by Gasteiger charge is -2.19. The summed E-state index contributed by atoms with van der Waals surface area (Å²) in [6.07, 6.45) is 2.30. The summed E-state index contributed by atoms with van der Waals surface area (Å²) in [7, 11) is 0. The topological polar surface area (TPSA) is 68.6 Å². The van der Waals surface area contributed by atoms with Gasteiger partial charge in [0, 0.05) is 29.6 Å². The van der Waals surface area contributed by atoms with Gasteiger partial charge in [-0.15, -0.1) is 0 Å². The molecule has 0 saturated carbocycles. The fourth-order valence-corrected chi connectivity index (χ4v) is 3.65. The van der Waals surface area contributed by atoms with E-state index in [1.807, 2.05) is 45.9 Å². The highest BCUT2D eigenvalue weighted by molar-refractivity contribution is 7.91. The maximum atomic E-state index is 12.8. The summed E-state index contributed by atoms with van der Waals surface area (Å²) in [5, 5.41) is 0.300. The first-order valence-corrected chi connectivity index (χ1v) is 10.2. The van der Waals surface area contributed by atoms with Gasteiger partial charge in [0.05, 0.1) is 5.71 Å². The zero-order valence-corrected chi connectivity index (χ0v) is 17.4. The van der Waals surface area contributed by atoms with Crippen LogP contribution in [0.1, 0.15) is 49.2 Å². The van der Waals surface area contributed by atoms with E-state index in [-0.39, 0.29) is 5.91 Å². The van der Waals surface area contributed by atoms with Crippen LogP contribution in [-0.2, 0) is 17.8 Å². The number of carbonyl (C=O) groups excluding carboxylic acids is 1. The second kappa shape index (κ2) is 7.62. The Kier molecular flexibility index (Phi) is 5.60. The molecule has 1 aliphatic rings. The average Bonchev–Trinajstić information content (AvgIpc) is 3.03. The van der Waals surface area contributed by atoms with Gasteiger partial charge in [-0.3, -0.25) is 4.79 Å². The molecule has 0 N–H and O–H groups in total. The fourth-order valence-electron chi connectivity index (χ4n) is 2.84. The van der Waals surface area contributed by atoms with Gasteiger partial charge in [0.25, 0.3) is 5.91 Å². The number of halogens is 1. The van der Waals surface area contributed by atoms with E-state index >= 15 is 0 Å². The van der Waals surface area contributed by atoms with E-state index < -0.39 is 16.1 Å². The number of benzene rings is 1. The number of amides is 1. The number of hydrogen-bond donors (Lipinski definition) is 0. The molecular formula is C20H22ClN3O2S. The van der Waals surface area contributed by atoms with E-state index in [4.69, 9.17) is 11.6 Å². The average molecular weight is 404 g/mol. The number of hydrogen-bond acceptors (Lipinski definition) is 4. The van der Waals surface area contributed by atoms with Crippen molar-refractivity contribution >= 4 is 40.3 Å². The molecule has 0 aliphatic carbocycles. The predicted octanol–water partition coefficient (Wildman–Crippen LogP) is 4.21. The summed E-state index contributed by atoms with van der Waals surface area (Å²) >= 11 is 4.60. The maximum Gasteiger partial charge on any atom is 0.258 e. The van der Waals surface area contributed by atoms with Gasteiger partial charge in [-0.1, -0.05) is 22.1 Å². The van der Waals surface area contributed by atoms with Gasteiger partial charge in [0.1, 0.15) is 21.3 Å². The van der Waals surface area contributed by atoms with Crippen LogP contribution in [0.25, 0.3) is 0 Å². The van der Waals surface area contributed by atoms with Crippen LogP contribution in [0.4, 0.5) is 5.69 Å². The number of fused-ring (bicyclic) bond motifs is 1. The van der Waals surface area contributed by atoms with Crippen molar-refractivity contribution in [3.8, 4) is 0 Å². The highest BCUT2D eigenvalue weighted by atomic mass is 35.5. The minimum Gasteiger partial charge on any atom is -0.591 e. The van der Waals surface area contributed by atoms with E-state index in [2.05, 4.69) is 9.38 Å². The molecule has 1 aromatic heterocycles. The summed E-state index contributed by atoms with van der Waals surface area (Å²) in [6.45, 7) is 8.18. The minimum absolute atomic E-state index is 0.0926. The van der Waals surface area contributed by atoms with Crippen molar-refractivity contribution in [3.63, 3.8) is 0 Å². The van der Waals surface area contributed by atoms with Crippen LogP contribution in [0, 0.1) is 0 Å². The molecule has 2 aromatic rings. The smallest absolute Gasteiger partial charge is 0.258 e. The predicted molar refractivity (Wildman–Crippen MR) is 111 cm³/mol. The molecule has 1 atom stereocenters. The SMILES string of the molecule is C/C(=N\[S@+]([O-])C(C)(C)C)c1ccc2c(c1)CCN2C(=O)c1ccnc(Cl)c1. The summed E-state index contributed by atoms with van der Waals surface area (Å²) in [5.74, 6) is -0.0926. The Labute approximate surface area is 167 Å². The molecule has 0 radical (unpaired) electrons. The number of carbonyl (C=O) groups is 1. The molecule has 1 aromatic carbocycles. The molecule has 0 spiro atoms. The second-order valence-electron chi connectivity index (χ2n) is 7.46. The van der Waals surface area contributed by atoms with Gasteiger partial charge in [-0.05, 0) is 63.9 Å². The Morgan fingerprint density at radius 1 is 1.26 bits per heavy atom. The largest absolute Gasteiger partial charge is 0.591 e. The van der Waals surface area contributed by atoms with Crippen LogP contribution >= 0.6 is 11.6 Å². The lowest BCUT2D eigenvalue weighted by atomic mass is 10.1. The van der Waals surface area contributed by atoms with E-state index in [0.29, 0.717) is 17.3 Å². The van der Waals surface area contributed by atoms with Gasteiger partial charge in [0.2, 0.25) is 0 Å². The monoisotopic (exact) mass is 403 g/mol. The standard InChI is InChI=1S/C20H22ClN3O2S/c1-13(23-27(26)20(2,3)4)14-5-6-17-15(11-14)8-10-24(17)19(25)16-7-9-22-18(21)12-16/h5-7,9,11-12H,8,10H2,1-4H3/b23-13+/t27-/m1/s1. The zero-order chi connectivity index (χ0) is 19.8. The Hall–Kier alpha value is -1.89. The Morgan fingerprint density at radius 3 is 2.67 bits per heavy atom. The molecule has 0 saturated heterocycles. The van der Waals surface area contributed by atoms with Crippen LogP contribution < -0.4 is 4.90 Å². The minimum atomic E-state index is -1.30. The second-order valence-corrected chi connectivity index (χ2v) is 9.75. The molecule has 3 rings (SSSR count). The first-order chi connectivity index (χ1) is 12.7. The van der Waals surface area contributed by atoms with Crippen LogP contribution in [0.2, 0.25) is 5.15 Å². The highest BCUT2D eigenvalue weighted by Crippen LogP contribution is 2.31. The van der Waals surface area contributed by atoms with Crippen molar-refractivity contribution in [2.24, 2.45) is 4.40 Å². The van der Waals surface area contributed by atoms with Crippen LogP contribution in [0.3, 0.4) is 0 Å². The van der Waals surface area contributed by atoms with Crippen molar-refractivity contribution in [1.82, 2.24) is 4.98 Å². The van der Waals surface area contributed by atoms with Gasteiger partial charge < -0.3 is 9.45 Å². The van der Waals surface area contributed by atoms with Crippen molar-refractivity contribution in [2.45, 2.75) is 38.9 Å². The van der Waals surface area contributed by atoms with E-state index in [9.17, 15) is 9.35 Å². The first kappa shape index (κ1) is 19.9. The molecule has 7 heteroatoms. The zero-order valence-electron chi connectivity index (χ0n) is 15.8. The highest BCUT2D eigenvalue weighted by Gasteiger charge is 2.28. The number of aromatic nitrogens is 1. The Morgan fingerprint density at radius 2 is 2.00 bits per heavy atom. The van der Waals surface area contributed by atoms with E-state index in [1.165, 1.54) is 6.20 Å². The number of rotatable bonds is 3. The summed E-state index contributed by atoms with van der Waals surface area (Å²) in [6, 6.07) is 9.12. The Bertz CT molecular complexity index is 908. The molecule has 1 amide bonds. The molecule has 0 bridgehead atoms. The fraction of sp³-hybridized carbons (Fsp3) is 0.350. The van der Waals surface area contributed by atoms with Gasteiger partial charge in [-0.25, -0.2) is 4.98 Å². The molecule has 142 valence electrons. The molecule has 0 fully saturated rings. The normalized spacial score (nSPS) is 15.6. The van der Waals surface area contributed by atoms with Gasteiger partial charge in [-0.2, -0.15) is 0 Å². The van der Waals surface area contributed by atoms with E-state index in [0.717, 1.165) is 28.9 Å². The molecule has 5 nitrogen and oxygen atoms in total. The van der Waals surface area contributed by atoms with Gasteiger partial charge >= 0.3 is 0 Å². The van der Waals surface area contributed by atoms with Gasteiger partial charge in [0.15, 0.2) is 0 Å². The third-order valence-electron chi connectivity index (χ3n) is 4.36. The molecule has 0 unspecified atom stereocenters. The van der Waals surface area contributed by atoms with Crippen LogP contribution in [0.15, 0.2) is 40.9 Å². The van der Waals surface area contributed by atoms with Crippen LogP contribution in [0.5, 0.6) is 0 Å². The lowest BCUT2D eigenvalue weighted by molar-refractivity contribution is 0.0989. The van der Waals surface area contributed by atoms with Crippen molar-refractivity contribution in [3.05, 3.63) is 58.4 Å². The third kappa shape index (κ3) is 4.34. The molecular weight excluding hydrogens is 382 g/mol. The number of pyridine rings is 1. The first-order valence-electron chi connectivity index (χ1n) is 8.71. The number of anilines is 1. The summed E-state index contributed by atoms with van der Waals surface area (Å²) < 4.78 is 16.2. The maximum absolute atomic E-state index is 12.8. The number of nitrogens with zero attached hydrogens (tertiary/aromatic N) is 3. The molecule has 27 heavy (non-hydrogen) atoms. The molecule has 2 heterocycles. The van der Waals surface area contributed by atoms with Crippen molar-refractivity contribution in [2.75, 3.05) is 11.4 Å².